The lowest BCUT2D eigenvalue weighted by atomic mass is 10.0. The minimum Gasteiger partial charge on any atom is -0.463 e. The summed E-state index contributed by atoms with van der Waals surface area (Å²) in [6.07, 6.45) is -3.22. The summed E-state index contributed by atoms with van der Waals surface area (Å²) in [6, 6.07) is 18.8. The molecule has 2 N–H and O–H groups in total. The highest BCUT2D eigenvalue weighted by atomic mass is 31.2. The normalized spacial score (nSPS) is 20.4. The fourth-order valence-electron chi connectivity index (χ4n) is 7.35. The van der Waals surface area contributed by atoms with E-state index in [4.69, 9.17) is 54.6 Å². The highest BCUT2D eigenvalue weighted by Crippen LogP contribution is 2.49. The van der Waals surface area contributed by atoms with Crippen LogP contribution < -0.4 is 10.6 Å². The van der Waals surface area contributed by atoms with Crippen LogP contribution in [-0.2, 0) is 68.9 Å². The molecule has 20 nitrogen and oxygen atoms in total. The Labute approximate surface area is 417 Å². The van der Waals surface area contributed by atoms with Gasteiger partial charge in [-0.25, -0.2) is 9.46 Å². The first-order chi connectivity index (χ1) is 32.9. The summed E-state index contributed by atoms with van der Waals surface area (Å²) in [5.74, 6) is -1.41. The number of urea groups is 1. The van der Waals surface area contributed by atoms with Crippen molar-refractivity contribution < 1.29 is 73.7 Å². The second-order valence-electron chi connectivity index (χ2n) is 18.9. The molecule has 4 unspecified atom stereocenters. The molecule has 0 aliphatic carbocycles. The van der Waals surface area contributed by atoms with Gasteiger partial charge in [0.2, 0.25) is 5.91 Å². The topological polar surface area (TPSA) is 210 Å². The van der Waals surface area contributed by atoms with Crippen molar-refractivity contribution in [1.29, 1.82) is 0 Å². The molecule has 70 heavy (non-hydrogen) atoms. The molecule has 0 spiro atoms. The van der Waals surface area contributed by atoms with Crippen molar-refractivity contribution in [2.75, 3.05) is 40.1 Å². The van der Waals surface area contributed by atoms with Gasteiger partial charge in [0, 0.05) is 46.2 Å². The van der Waals surface area contributed by atoms with Crippen molar-refractivity contribution in [2.45, 2.75) is 143 Å². The fraction of sp³-hybridized carbons (Fsp3) is 0.609. The molecule has 1 saturated heterocycles. The van der Waals surface area contributed by atoms with E-state index in [1.54, 1.807) is 13.2 Å². The number of carbonyl (C=O) groups is 4. The molecule has 0 aromatic heterocycles. The van der Waals surface area contributed by atoms with Crippen molar-refractivity contribution in [3.05, 3.63) is 84.1 Å². The molecule has 4 rings (SSSR count). The number of amides is 3. The maximum Gasteiger partial charge on any atom is 0.659 e. The summed E-state index contributed by atoms with van der Waals surface area (Å²) in [5, 5.41) is 5.45. The molecule has 0 radical (unpaired) electrons. The minimum absolute atomic E-state index is 0.0571. The Bertz CT molecular complexity index is 1900. The molecular weight excluding hydrogens is 980 g/mol. The second-order valence-corrected chi connectivity index (χ2v) is 32.0. The summed E-state index contributed by atoms with van der Waals surface area (Å²) < 4.78 is 79.7. The van der Waals surface area contributed by atoms with Crippen LogP contribution in [0.3, 0.4) is 0 Å². The molecule has 24 heteroatoms. The number of hydrogen-bond acceptors (Lipinski definition) is 17. The summed E-state index contributed by atoms with van der Waals surface area (Å²) >= 11 is 0. The highest BCUT2D eigenvalue weighted by molar-refractivity contribution is 7.44. The third kappa shape index (κ3) is 19.2. The molecule has 2 aromatic carbocycles. The smallest absolute Gasteiger partial charge is 0.463 e. The Morgan fingerprint density at radius 2 is 1.30 bits per heavy atom. The number of benzene rings is 2. The average Bonchev–Trinajstić information content (AvgIpc) is 3.58. The highest BCUT2D eigenvalue weighted by Gasteiger charge is 2.58. The van der Waals surface area contributed by atoms with E-state index in [0.717, 1.165) is 11.1 Å². The zero-order valence-electron chi connectivity index (χ0n) is 43.0. The van der Waals surface area contributed by atoms with Crippen LogP contribution in [0.5, 0.6) is 0 Å². The van der Waals surface area contributed by atoms with Gasteiger partial charge in [-0.2, -0.15) is 0 Å². The Morgan fingerprint density at radius 1 is 0.786 bits per heavy atom. The van der Waals surface area contributed by atoms with Gasteiger partial charge in [0.25, 0.3) is 15.0 Å². The van der Waals surface area contributed by atoms with E-state index in [1.807, 2.05) is 128 Å². The summed E-state index contributed by atoms with van der Waals surface area (Å²) in [6.45, 7) is 21.7. The third-order valence-corrected chi connectivity index (χ3v) is 19.8. The van der Waals surface area contributed by atoms with E-state index in [9.17, 15) is 19.2 Å². The van der Waals surface area contributed by atoms with E-state index >= 15 is 0 Å². The SMILES string of the molecule is COP(OC1C(OC(OCCOC(C)=O)OCCOC(C)=O)[C@H](N2C=CC(NC(C)=O)NC2=O)O[C@@H]1CO[Si](OC(c1ccccc1)c1ccccc1)(O[Si](C)(C)C)O[Si](C)(C)C)N(C(C)C)C(C)C. The van der Waals surface area contributed by atoms with E-state index in [2.05, 4.69) is 15.3 Å². The molecule has 6 atom stereocenters. The van der Waals surface area contributed by atoms with Crippen LogP contribution in [0.15, 0.2) is 72.9 Å². The molecular formula is C46H75N4O16PSi3. The Hall–Kier alpha value is -3.50. The number of nitrogens with one attached hydrogen (secondary N) is 2. The lowest BCUT2D eigenvalue weighted by molar-refractivity contribution is -0.320. The fourth-order valence-corrected chi connectivity index (χ4v) is 17.3. The van der Waals surface area contributed by atoms with Crippen molar-refractivity contribution in [3.8, 4) is 0 Å². The largest absolute Gasteiger partial charge is 0.659 e. The van der Waals surface area contributed by atoms with E-state index in [-0.39, 0.29) is 51.0 Å². The van der Waals surface area contributed by atoms with Gasteiger partial charge in [-0.1, -0.05) is 60.7 Å². The monoisotopic (exact) mass is 1050 g/mol. The first-order valence-electron chi connectivity index (χ1n) is 23.4. The van der Waals surface area contributed by atoms with Gasteiger partial charge in [0.15, 0.2) is 22.9 Å². The van der Waals surface area contributed by atoms with Crippen molar-refractivity contribution in [1.82, 2.24) is 20.2 Å². The van der Waals surface area contributed by atoms with Crippen LogP contribution in [0.2, 0.25) is 39.3 Å². The Kier molecular flexibility index (Phi) is 23.2. The quantitative estimate of drug-likeness (QED) is 0.0280. The summed E-state index contributed by atoms with van der Waals surface area (Å²) in [4.78, 5) is 50.8. The lowest BCUT2D eigenvalue weighted by Gasteiger charge is -2.41. The van der Waals surface area contributed by atoms with Crippen LogP contribution in [0.4, 0.5) is 4.79 Å². The molecule has 3 amide bonds. The number of rotatable bonds is 29. The van der Waals surface area contributed by atoms with Crippen molar-refractivity contribution >= 4 is 58.1 Å². The first kappa shape index (κ1) is 59.1. The standard InChI is InChI=1S/C46H75N4O16PSi3/c1-32(2)50(33(3)4)67(55-8)63-42-39(31-60-70(65-68(9,10)11,66-69(12,13)14)64-41(37-21-17-15-18-22-37)38-23-19-16-20-24-38)61-44(49-26-25-40(47-34(5)51)48-45(49)54)43(42)62-46(58-29-27-56-35(6)52)59-30-28-57-36(7)53/h15-26,32-33,39-44,46H,27-31H2,1-14H3,(H,47,51)(H,48,54)/t39-,40?,42?,43?,44-,67?/m1/s1. The predicted molar refractivity (Wildman–Crippen MR) is 267 cm³/mol. The van der Waals surface area contributed by atoms with Crippen molar-refractivity contribution in [3.63, 3.8) is 0 Å². The van der Waals surface area contributed by atoms with Crippen molar-refractivity contribution in [2.24, 2.45) is 0 Å². The van der Waals surface area contributed by atoms with Crippen LogP contribution >= 0.6 is 8.53 Å². The molecule has 2 heterocycles. The van der Waals surface area contributed by atoms with Crippen LogP contribution in [0.1, 0.15) is 65.7 Å². The van der Waals surface area contributed by atoms with E-state index in [1.165, 1.54) is 31.9 Å². The molecule has 0 bridgehead atoms. The van der Waals surface area contributed by atoms with Gasteiger partial charge < -0.3 is 65.2 Å². The minimum atomic E-state index is -4.28. The van der Waals surface area contributed by atoms with Gasteiger partial charge in [0.1, 0.15) is 43.8 Å². The number of carbonyl (C=O) groups excluding carboxylic acids is 4. The third-order valence-electron chi connectivity index (χ3n) is 9.79. The van der Waals surface area contributed by atoms with E-state index < -0.39 is 95.5 Å². The van der Waals surface area contributed by atoms with Gasteiger partial charge in [-0.15, -0.1) is 0 Å². The maximum atomic E-state index is 14.1. The molecule has 2 aliphatic heterocycles. The number of esters is 2. The van der Waals surface area contributed by atoms with Gasteiger partial charge in [0.05, 0.1) is 19.8 Å². The summed E-state index contributed by atoms with van der Waals surface area (Å²) in [7, 11) is -9.79. The second kappa shape index (κ2) is 27.5. The van der Waals surface area contributed by atoms with Crippen LogP contribution in [0.25, 0.3) is 0 Å². The molecule has 2 aliphatic rings. The lowest BCUT2D eigenvalue weighted by Crippen LogP contribution is -2.60. The van der Waals surface area contributed by atoms with Crippen LogP contribution in [0, 0.1) is 0 Å². The molecule has 0 saturated carbocycles. The van der Waals surface area contributed by atoms with E-state index in [0.29, 0.717) is 0 Å². The number of nitrogens with zero attached hydrogens (tertiary/aromatic N) is 2. The Morgan fingerprint density at radius 3 is 1.73 bits per heavy atom. The van der Waals surface area contributed by atoms with Gasteiger partial charge in [-0.3, -0.25) is 19.3 Å². The maximum absolute atomic E-state index is 14.1. The Balaban J connectivity index is 1.91. The molecule has 392 valence electrons. The average molecular weight is 1060 g/mol. The number of hydrogen-bond donors (Lipinski definition) is 2. The zero-order chi connectivity index (χ0) is 51.8. The first-order valence-corrected chi connectivity index (χ1v) is 32.9. The van der Waals surface area contributed by atoms with Crippen LogP contribution in [-0.4, -0.2) is 149 Å². The molecule has 1 fully saturated rings. The summed E-state index contributed by atoms with van der Waals surface area (Å²) in [5.41, 5.74) is 1.70. The predicted octanol–water partition coefficient (Wildman–Crippen LogP) is 6.88. The van der Waals surface area contributed by atoms with Gasteiger partial charge >= 0.3 is 27.0 Å². The van der Waals surface area contributed by atoms with Gasteiger partial charge in [-0.05, 0) is 84.2 Å². The number of ether oxygens (including phenoxy) is 6. The molecule has 2 aromatic rings. The zero-order valence-corrected chi connectivity index (χ0v) is 46.9.